The molecule has 0 unspecified atom stereocenters. The molecule has 4 aromatic rings. The molecule has 0 N–H and O–H groups in total. The van der Waals surface area contributed by atoms with Gasteiger partial charge in [-0.3, -0.25) is 9.69 Å². The van der Waals surface area contributed by atoms with E-state index in [1.165, 1.54) is 9.54 Å². The Labute approximate surface area is 232 Å². The maximum atomic E-state index is 13.8. The first-order chi connectivity index (χ1) is 18.1. The number of carbonyl (C=O) groups is 1. The van der Waals surface area contributed by atoms with Crippen LogP contribution in [0, 0.1) is 6.92 Å². The van der Waals surface area contributed by atoms with Crippen molar-refractivity contribution < 1.29 is 13.2 Å². The highest BCUT2D eigenvalue weighted by Crippen LogP contribution is 2.32. The smallest absolute Gasteiger partial charge is 0.269 e. The van der Waals surface area contributed by atoms with Gasteiger partial charge in [-0.2, -0.15) is 0 Å². The monoisotopic (exact) mass is 594 g/mol. The average molecular weight is 596 g/mol. The van der Waals surface area contributed by atoms with Crippen LogP contribution in [0.1, 0.15) is 45.9 Å². The summed E-state index contributed by atoms with van der Waals surface area (Å²) in [6, 6.07) is 18.6. The van der Waals surface area contributed by atoms with Crippen LogP contribution in [-0.4, -0.2) is 60.3 Å². The number of halogens is 1. The van der Waals surface area contributed by atoms with Crippen molar-refractivity contribution in [3.05, 3.63) is 93.7 Å². The maximum Gasteiger partial charge on any atom is 0.269 e. The van der Waals surface area contributed by atoms with Crippen LogP contribution in [0.2, 0.25) is 0 Å². The van der Waals surface area contributed by atoms with Crippen LogP contribution in [0.5, 0.6) is 0 Å². The zero-order valence-corrected chi connectivity index (χ0v) is 24.2. The number of aryl methyl sites for hydroxylation is 1. The zero-order chi connectivity index (χ0) is 27.0. The lowest BCUT2D eigenvalue weighted by molar-refractivity contribution is 0.0827. The number of aromatic nitrogens is 2. The summed E-state index contributed by atoms with van der Waals surface area (Å²) >= 11 is 3.57. The molecular formula is C29H31BrN4O3S. The molecule has 0 aliphatic carbocycles. The number of benzene rings is 2. The minimum absolute atomic E-state index is 0.00322. The Morgan fingerprint density at radius 2 is 1.68 bits per heavy atom. The second-order valence-electron chi connectivity index (χ2n) is 10.1. The molecule has 9 heteroatoms. The van der Waals surface area contributed by atoms with Crippen LogP contribution >= 0.6 is 15.9 Å². The lowest BCUT2D eigenvalue weighted by atomic mass is 9.89. The van der Waals surface area contributed by atoms with Gasteiger partial charge in [-0.25, -0.2) is 17.4 Å². The molecule has 198 valence electrons. The summed E-state index contributed by atoms with van der Waals surface area (Å²) in [4.78, 5) is 20.8. The highest BCUT2D eigenvalue weighted by molar-refractivity contribution is 9.10. The van der Waals surface area contributed by atoms with Crippen molar-refractivity contribution in [3.8, 4) is 0 Å². The van der Waals surface area contributed by atoms with Gasteiger partial charge in [0.25, 0.3) is 15.9 Å². The largest absolute Gasteiger partial charge is 0.345 e. The molecule has 2 aromatic heterocycles. The topological polar surface area (TPSA) is 75.5 Å². The van der Waals surface area contributed by atoms with Gasteiger partial charge in [-0.15, -0.1) is 0 Å². The van der Waals surface area contributed by atoms with Gasteiger partial charge in [0, 0.05) is 42.3 Å². The Kier molecular flexibility index (Phi) is 7.44. The predicted molar refractivity (Wildman–Crippen MR) is 153 cm³/mol. The van der Waals surface area contributed by atoms with Gasteiger partial charge in [0.1, 0.15) is 0 Å². The van der Waals surface area contributed by atoms with Crippen LogP contribution in [0.15, 0.2) is 76.2 Å². The lowest BCUT2D eigenvalue weighted by Crippen LogP contribution is -2.33. The van der Waals surface area contributed by atoms with Crippen molar-refractivity contribution in [2.45, 2.75) is 37.1 Å². The third-order valence-corrected chi connectivity index (χ3v) is 9.70. The van der Waals surface area contributed by atoms with Gasteiger partial charge >= 0.3 is 0 Å². The fourth-order valence-electron chi connectivity index (χ4n) is 5.10. The number of hydrogen-bond acceptors (Lipinski definition) is 5. The molecule has 38 heavy (non-hydrogen) atoms. The fraction of sp³-hybridized carbons (Fsp3) is 0.310. The van der Waals surface area contributed by atoms with Crippen LogP contribution in [-0.2, 0) is 16.6 Å². The Morgan fingerprint density at radius 3 is 2.32 bits per heavy atom. The number of amides is 1. The molecule has 2 aromatic carbocycles. The molecular weight excluding hydrogens is 564 g/mol. The van der Waals surface area contributed by atoms with Gasteiger partial charge in [0.2, 0.25) is 0 Å². The maximum absolute atomic E-state index is 13.8. The second-order valence-corrected chi connectivity index (χ2v) is 12.8. The summed E-state index contributed by atoms with van der Waals surface area (Å²) in [6.07, 6.45) is 3.56. The summed E-state index contributed by atoms with van der Waals surface area (Å²) in [5.41, 5.74) is 4.06. The number of rotatable bonds is 6. The molecule has 1 aliphatic rings. The fourth-order valence-corrected chi connectivity index (χ4v) is 6.99. The summed E-state index contributed by atoms with van der Waals surface area (Å²) in [7, 11) is -0.320. The van der Waals surface area contributed by atoms with E-state index in [9.17, 15) is 13.2 Å². The molecule has 5 rings (SSSR count). The summed E-state index contributed by atoms with van der Waals surface area (Å²) in [5.74, 6) is 0.413. The molecule has 0 spiro atoms. The minimum Gasteiger partial charge on any atom is -0.345 e. The molecule has 0 saturated carbocycles. The van der Waals surface area contributed by atoms with E-state index in [4.69, 9.17) is 0 Å². The second kappa shape index (κ2) is 10.6. The highest BCUT2D eigenvalue weighted by Gasteiger charge is 2.27. The normalized spacial score (nSPS) is 15.2. The highest BCUT2D eigenvalue weighted by atomic mass is 79.9. The number of pyridine rings is 1. The quantitative estimate of drug-likeness (QED) is 0.298. The van der Waals surface area contributed by atoms with E-state index in [1.807, 2.05) is 43.3 Å². The minimum atomic E-state index is -3.83. The van der Waals surface area contributed by atoms with Gasteiger partial charge in [0.15, 0.2) is 5.65 Å². The molecule has 0 radical (unpaired) electrons. The summed E-state index contributed by atoms with van der Waals surface area (Å²) < 4.78 is 29.8. The first-order valence-corrected chi connectivity index (χ1v) is 14.9. The first-order valence-electron chi connectivity index (χ1n) is 12.7. The van der Waals surface area contributed by atoms with E-state index < -0.39 is 10.0 Å². The van der Waals surface area contributed by atoms with E-state index in [1.54, 1.807) is 37.3 Å². The number of likely N-dealkylation sites (tertiary alicyclic amines) is 1. The third kappa shape index (κ3) is 5.15. The Hall–Kier alpha value is -3.01. The number of hydrogen-bond donors (Lipinski definition) is 0. The molecule has 1 aliphatic heterocycles. The lowest BCUT2D eigenvalue weighted by Gasteiger charge is -2.32. The van der Waals surface area contributed by atoms with E-state index >= 15 is 0 Å². The van der Waals surface area contributed by atoms with Crippen molar-refractivity contribution in [3.63, 3.8) is 0 Å². The van der Waals surface area contributed by atoms with E-state index in [2.05, 4.69) is 37.9 Å². The van der Waals surface area contributed by atoms with Gasteiger partial charge < -0.3 is 4.90 Å². The Morgan fingerprint density at radius 1 is 1.03 bits per heavy atom. The molecule has 1 amide bonds. The zero-order valence-electron chi connectivity index (χ0n) is 21.8. The molecule has 1 saturated heterocycles. The predicted octanol–water partition coefficient (Wildman–Crippen LogP) is 5.43. The molecule has 1 fully saturated rings. The molecule has 3 heterocycles. The summed E-state index contributed by atoms with van der Waals surface area (Å²) in [6.45, 7) is 4.15. The van der Waals surface area contributed by atoms with Crippen LogP contribution in [0.3, 0.4) is 0 Å². The number of fused-ring (bicyclic) bond motifs is 1. The first kappa shape index (κ1) is 26.6. The van der Waals surface area contributed by atoms with Crippen LogP contribution < -0.4 is 0 Å². The average Bonchev–Trinajstić information content (AvgIpc) is 3.29. The Bertz CT molecular complexity index is 1570. The van der Waals surface area contributed by atoms with Gasteiger partial charge in [0.05, 0.1) is 10.6 Å². The number of carbonyl (C=O) groups excluding carboxylic acids is 1. The van der Waals surface area contributed by atoms with Crippen LogP contribution in [0.25, 0.3) is 11.0 Å². The third-order valence-electron chi connectivity index (χ3n) is 7.25. The van der Waals surface area contributed by atoms with Crippen molar-refractivity contribution in [1.29, 1.82) is 0 Å². The summed E-state index contributed by atoms with van der Waals surface area (Å²) in [5, 5.41) is 0.778. The molecule has 0 atom stereocenters. The number of nitrogens with zero attached hydrogens (tertiary/aromatic N) is 4. The van der Waals surface area contributed by atoms with Crippen molar-refractivity contribution in [2.75, 3.05) is 27.2 Å². The van der Waals surface area contributed by atoms with Crippen molar-refractivity contribution in [2.24, 2.45) is 0 Å². The van der Waals surface area contributed by atoms with Gasteiger partial charge in [-0.05, 0) is 96.7 Å². The van der Waals surface area contributed by atoms with Gasteiger partial charge in [-0.1, -0.05) is 29.8 Å². The van der Waals surface area contributed by atoms with Crippen molar-refractivity contribution >= 4 is 42.9 Å². The van der Waals surface area contributed by atoms with E-state index in [-0.39, 0.29) is 10.8 Å². The Balaban J connectivity index is 1.38. The van der Waals surface area contributed by atoms with E-state index in [0.29, 0.717) is 29.4 Å². The van der Waals surface area contributed by atoms with Crippen LogP contribution in [0.4, 0.5) is 0 Å². The SMILES string of the molecule is Cc1ccc(S(=O)(=O)n2c(CN3CCC(c4ccc(C(=O)N(C)C)cc4)CC3)cc3c(Br)ccnc32)cc1. The molecule has 0 bridgehead atoms. The van der Waals surface area contributed by atoms with E-state index in [0.717, 1.165) is 41.4 Å². The standard InChI is InChI=1S/C29H31BrN4O3S/c1-20-4-10-25(11-5-20)38(36,37)34-24(18-26-27(30)12-15-31-28(26)34)19-33-16-13-22(14-17-33)21-6-8-23(9-7-21)29(35)32(2)3/h4-12,15,18,22H,13-14,16-17,19H2,1-3H3. The number of piperidine rings is 1. The van der Waals surface area contributed by atoms with Crippen molar-refractivity contribution in [1.82, 2.24) is 18.8 Å². The molecule has 7 nitrogen and oxygen atoms in total.